The van der Waals surface area contributed by atoms with Crippen LogP contribution in [0.3, 0.4) is 0 Å². The number of unbranched alkanes of at least 4 members (excludes halogenated alkanes) is 2. The Morgan fingerprint density at radius 2 is 1.68 bits per heavy atom. The number of carbonyl (C=O) groups is 4. The first-order valence-electron chi connectivity index (χ1n) is 11.8. The zero-order chi connectivity index (χ0) is 27.0. The van der Waals surface area contributed by atoms with Gasteiger partial charge in [-0.15, -0.1) is 0 Å². The Kier molecular flexibility index (Phi) is 12.1. The monoisotopic (exact) mass is 510 g/mol. The van der Waals surface area contributed by atoms with Crippen LogP contribution in [0.1, 0.15) is 53.6 Å². The highest BCUT2D eigenvalue weighted by atomic mass is 16.4. The van der Waals surface area contributed by atoms with Crippen molar-refractivity contribution in [2.45, 2.75) is 45.1 Å². The number of urea groups is 1. The minimum atomic E-state index is -1.30. The Balaban J connectivity index is 1.59. The fraction of sp³-hybridized carbons (Fsp3) is 0.308. The molecule has 0 aliphatic heterocycles. The smallest absolute Gasteiger partial charge is 0.326 e. The van der Waals surface area contributed by atoms with Crippen molar-refractivity contribution in [2.24, 2.45) is 5.10 Å². The van der Waals surface area contributed by atoms with Crippen LogP contribution >= 0.6 is 0 Å². The summed E-state index contributed by atoms with van der Waals surface area (Å²) in [5, 5.41) is 29.3. The number of carbonyl (C=O) groups excluding carboxylic acids is 2. The quantitative estimate of drug-likeness (QED) is 0.121. The predicted octanol–water partition coefficient (Wildman–Crippen LogP) is 3.12. The molecule has 0 fully saturated rings. The number of nitrogens with zero attached hydrogens (tertiary/aromatic N) is 1. The van der Waals surface area contributed by atoms with Gasteiger partial charge in [0.1, 0.15) is 6.04 Å². The minimum Gasteiger partial charge on any atom is -0.481 e. The molecule has 2 rings (SSSR count). The zero-order valence-corrected chi connectivity index (χ0v) is 20.6. The molecule has 2 aromatic rings. The van der Waals surface area contributed by atoms with Gasteiger partial charge in [0.25, 0.3) is 5.91 Å². The van der Waals surface area contributed by atoms with E-state index < -0.39 is 24.0 Å². The van der Waals surface area contributed by atoms with Crippen LogP contribution in [-0.2, 0) is 9.59 Å². The number of aliphatic carboxylic acids is 2. The lowest BCUT2D eigenvalue weighted by Crippen LogP contribution is -2.45. The molecular weight excluding hydrogens is 478 g/mol. The van der Waals surface area contributed by atoms with Crippen LogP contribution in [0.4, 0.5) is 10.5 Å². The number of benzene rings is 2. The number of carboxylic acid groups (broad SMARTS) is 2. The summed E-state index contributed by atoms with van der Waals surface area (Å²) in [7, 11) is 0. The highest BCUT2D eigenvalue weighted by molar-refractivity contribution is 5.94. The van der Waals surface area contributed by atoms with Gasteiger partial charge < -0.3 is 26.2 Å². The number of nitrogens with one attached hydrogen (secondary N) is 4. The molecule has 0 spiro atoms. The Hall–Kier alpha value is -4.41. The van der Waals surface area contributed by atoms with Crippen molar-refractivity contribution in [1.82, 2.24) is 16.0 Å². The van der Waals surface area contributed by atoms with E-state index in [4.69, 9.17) is 10.2 Å². The number of amides is 3. The molecule has 11 heteroatoms. The van der Waals surface area contributed by atoms with Gasteiger partial charge in [-0.2, -0.15) is 5.10 Å². The van der Waals surface area contributed by atoms with Crippen molar-refractivity contribution in [3.8, 4) is 0 Å². The van der Waals surface area contributed by atoms with E-state index in [2.05, 4.69) is 26.5 Å². The molecular formula is C26H32N5O6. The molecule has 0 aliphatic rings. The first-order chi connectivity index (χ1) is 17.7. The first kappa shape index (κ1) is 28.8. The maximum absolute atomic E-state index is 12.3. The topological polar surface area (TPSA) is 169 Å². The molecule has 11 nitrogen and oxygen atoms in total. The summed E-state index contributed by atoms with van der Waals surface area (Å²) in [5.41, 5.74) is 6.36. The Morgan fingerprint density at radius 3 is 2.32 bits per heavy atom. The van der Waals surface area contributed by atoms with Crippen LogP contribution in [0.15, 0.2) is 53.6 Å². The summed E-state index contributed by atoms with van der Waals surface area (Å²) >= 11 is 0. The lowest BCUT2D eigenvalue weighted by Gasteiger charge is -2.14. The summed E-state index contributed by atoms with van der Waals surface area (Å²) < 4.78 is 0. The van der Waals surface area contributed by atoms with E-state index in [1.807, 2.05) is 31.2 Å². The van der Waals surface area contributed by atoms with Crippen molar-refractivity contribution in [3.05, 3.63) is 71.8 Å². The van der Waals surface area contributed by atoms with Gasteiger partial charge in [0.15, 0.2) is 0 Å². The van der Waals surface area contributed by atoms with Crippen molar-refractivity contribution >= 4 is 35.8 Å². The molecule has 0 bridgehead atoms. The normalized spacial score (nSPS) is 11.5. The number of anilines is 1. The van der Waals surface area contributed by atoms with Gasteiger partial charge >= 0.3 is 18.0 Å². The lowest BCUT2D eigenvalue weighted by atomic mass is 10.1. The second-order valence-electron chi connectivity index (χ2n) is 8.25. The summed E-state index contributed by atoms with van der Waals surface area (Å²) in [5.74, 6) is -2.64. The van der Waals surface area contributed by atoms with Crippen LogP contribution in [0.25, 0.3) is 0 Å². The second kappa shape index (κ2) is 15.6. The molecule has 6 N–H and O–H groups in total. The molecule has 3 amide bonds. The number of hydrogen-bond donors (Lipinski definition) is 6. The third-order valence-electron chi connectivity index (χ3n) is 5.18. The zero-order valence-electron chi connectivity index (χ0n) is 20.6. The van der Waals surface area contributed by atoms with Gasteiger partial charge in [-0.05, 0) is 62.4 Å². The predicted molar refractivity (Wildman–Crippen MR) is 139 cm³/mol. The molecule has 0 aliphatic carbocycles. The molecule has 2 aromatic carbocycles. The molecule has 0 heterocycles. The standard InChI is InChI=1S/C26H32N5O6/c1-18-5-7-19(8-6-18)17-29-31-21-11-9-20(10-12-21)24(34)27-15-3-2-4-16-28-26(37)30-22(25(35)36)13-14-23(32)33/h5-12,16-17,22,31H,2-4,13-15H2,1H3,(H,27,34)(H,32,33)(H,35,36)(H2,28,30,37)/b29-17+. The van der Waals surface area contributed by atoms with Gasteiger partial charge in [-0.3, -0.25) is 15.0 Å². The van der Waals surface area contributed by atoms with Gasteiger partial charge in [-0.1, -0.05) is 29.8 Å². The van der Waals surface area contributed by atoms with Gasteiger partial charge in [0.05, 0.1) is 18.4 Å². The number of aryl methyl sites for hydroxylation is 1. The molecule has 37 heavy (non-hydrogen) atoms. The van der Waals surface area contributed by atoms with E-state index in [1.165, 1.54) is 12.1 Å². The number of rotatable bonds is 15. The summed E-state index contributed by atoms with van der Waals surface area (Å²) in [6.45, 7) is 3.96. The minimum absolute atomic E-state index is 0.197. The molecule has 1 radical (unpaired) electrons. The Labute approximate surface area is 215 Å². The maximum Gasteiger partial charge on any atom is 0.326 e. The summed E-state index contributed by atoms with van der Waals surface area (Å²) in [4.78, 5) is 45.7. The highest BCUT2D eigenvalue weighted by Crippen LogP contribution is 2.10. The van der Waals surface area contributed by atoms with Gasteiger partial charge in [0, 0.05) is 18.5 Å². The SMILES string of the molecule is Cc1ccc(/C=N/Nc2ccc(C(=O)NCCCC[CH]NC(=O)NC(CCC(=O)O)C(=O)O)cc2)cc1. The van der Waals surface area contributed by atoms with Crippen molar-refractivity contribution in [2.75, 3.05) is 12.0 Å². The third-order valence-corrected chi connectivity index (χ3v) is 5.18. The fourth-order valence-corrected chi connectivity index (χ4v) is 3.10. The Bertz CT molecular complexity index is 1070. The average Bonchev–Trinajstić information content (AvgIpc) is 2.87. The lowest BCUT2D eigenvalue weighted by molar-refractivity contribution is -0.140. The summed E-state index contributed by atoms with van der Waals surface area (Å²) in [6.07, 6.45) is 3.02. The van der Waals surface area contributed by atoms with Crippen LogP contribution in [0.5, 0.6) is 0 Å². The van der Waals surface area contributed by atoms with Crippen LogP contribution in [0.2, 0.25) is 0 Å². The Morgan fingerprint density at radius 1 is 0.973 bits per heavy atom. The fourth-order valence-electron chi connectivity index (χ4n) is 3.10. The second-order valence-corrected chi connectivity index (χ2v) is 8.25. The van der Waals surface area contributed by atoms with Crippen molar-refractivity contribution < 1.29 is 29.4 Å². The molecule has 197 valence electrons. The number of hydrazone groups is 1. The van der Waals surface area contributed by atoms with E-state index in [1.54, 1.807) is 30.5 Å². The first-order valence-corrected chi connectivity index (χ1v) is 11.8. The van der Waals surface area contributed by atoms with Crippen LogP contribution < -0.4 is 21.4 Å². The van der Waals surface area contributed by atoms with Crippen molar-refractivity contribution in [1.29, 1.82) is 0 Å². The van der Waals surface area contributed by atoms with E-state index in [0.29, 0.717) is 31.4 Å². The molecule has 0 saturated carbocycles. The van der Waals surface area contributed by atoms with E-state index >= 15 is 0 Å². The molecule has 0 saturated heterocycles. The van der Waals surface area contributed by atoms with Gasteiger partial charge in [0.2, 0.25) is 0 Å². The van der Waals surface area contributed by atoms with E-state index in [-0.39, 0.29) is 18.7 Å². The van der Waals surface area contributed by atoms with E-state index in [9.17, 15) is 19.2 Å². The number of carboxylic acids is 2. The van der Waals surface area contributed by atoms with E-state index in [0.717, 1.165) is 11.3 Å². The number of hydrogen-bond acceptors (Lipinski definition) is 6. The molecule has 1 unspecified atom stereocenters. The van der Waals surface area contributed by atoms with Crippen LogP contribution in [-0.4, -0.2) is 52.9 Å². The van der Waals surface area contributed by atoms with Gasteiger partial charge in [-0.25, -0.2) is 9.59 Å². The highest BCUT2D eigenvalue weighted by Gasteiger charge is 2.20. The van der Waals surface area contributed by atoms with Crippen LogP contribution in [0, 0.1) is 13.5 Å². The third kappa shape index (κ3) is 11.7. The molecule has 1 atom stereocenters. The van der Waals surface area contributed by atoms with Crippen molar-refractivity contribution in [3.63, 3.8) is 0 Å². The average molecular weight is 511 g/mol. The molecule has 0 aromatic heterocycles. The maximum atomic E-state index is 12.3. The largest absolute Gasteiger partial charge is 0.481 e. The summed E-state index contributed by atoms with van der Waals surface area (Å²) in [6, 6.07) is 12.9.